The molecule has 0 spiro atoms. The summed E-state index contributed by atoms with van der Waals surface area (Å²) in [7, 11) is 0. The predicted molar refractivity (Wildman–Crippen MR) is 126 cm³/mol. The molecule has 0 aliphatic carbocycles. The third-order valence-electron chi connectivity index (χ3n) is 5.18. The SMILES string of the molecule is O=C(NCCc1nc2ccccc2n1CCCCOc1ccccc1Cl)c1ccncc1. The molecule has 4 rings (SSSR count). The maximum atomic E-state index is 12.3. The van der Waals surface area contributed by atoms with Crippen molar-refractivity contribution in [3.05, 3.63) is 89.5 Å². The van der Waals surface area contributed by atoms with Crippen LogP contribution >= 0.6 is 11.6 Å². The molecule has 0 saturated heterocycles. The number of carbonyl (C=O) groups is 1. The summed E-state index contributed by atoms with van der Waals surface area (Å²) in [5.74, 6) is 1.58. The molecular weight excluding hydrogens is 424 g/mol. The molecule has 4 aromatic rings. The Morgan fingerprint density at radius 1 is 1.00 bits per heavy atom. The largest absolute Gasteiger partial charge is 0.492 e. The lowest BCUT2D eigenvalue weighted by Gasteiger charge is -2.11. The summed E-state index contributed by atoms with van der Waals surface area (Å²) in [6, 6.07) is 19.0. The highest BCUT2D eigenvalue weighted by atomic mass is 35.5. The Bertz CT molecular complexity index is 1180. The number of halogens is 1. The van der Waals surface area contributed by atoms with E-state index in [1.807, 2.05) is 42.5 Å². The Kier molecular flexibility index (Phi) is 7.35. The minimum Gasteiger partial charge on any atom is -0.492 e. The van der Waals surface area contributed by atoms with Gasteiger partial charge in [0.2, 0.25) is 0 Å². The molecule has 0 bridgehead atoms. The van der Waals surface area contributed by atoms with Crippen LogP contribution < -0.4 is 10.1 Å². The fraction of sp³-hybridized carbons (Fsp3) is 0.240. The normalized spacial score (nSPS) is 10.9. The highest BCUT2D eigenvalue weighted by Gasteiger charge is 2.11. The molecule has 0 unspecified atom stereocenters. The maximum Gasteiger partial charge on any atom is 0.251 e. The zero-order chi connectivity index (χ0) is 22.2. The van der Waals surface area contributed by atoms with E-state index in [9.17, 15) is 4.79 Å². The van der Waals surface area contributed by atoms with E-state index in [-0.39, 0.29) is 5.91 Å². The average molecular weight is 449 g/mol. The molecule has 0 fully saturated rings. The highest BCUT2D eigenvalue weighted by molar-refractivity contribution is 6.32. The van der Waals surface area contributed by atoms with Gasteiger partial charge in [0.25, 0.3) is 5.91 Å². The summed E-state index contributed by atoms with van der Waals surface area (Å²) >= 11 is 6.14. The van der Waals surface area contributed by atoms with Crippen LogP contribution in [0.2, 0.25) is 5.02 Å². The zero-order valence-electron chi connectivity index (χ0n) is 17.7. The summed E-state index contributed by atoms with van der Waals surface area (Å²) in [5, 5.41) is 3.60. The summed E-state index contributed by atoms with van der Waals surface area (Å²) in [6.45, 7) is 1.95. The predicted octanol–water partition coefficient (Wildman–Crippen LogP) is 4.92. The zero-order valence-corrected chi connectivity index (χ0v) is 18.5. The van der Waals surface area contributed by atoms with E-state index in [4.69, 9.17) is 21.3 Å². The Balaban J connectivity index is 1.34. The molecule has 0 aliphatic rings. The third kappa shape index (κ3) is 5.45. The molecule has 32 heavy (non-hydrogen) atoms. The Hall–Kier alpha value is -3.38. The number of carbonyl (C=O) groups excluding carboxylic acids is 1. The van der Waals surface area contributed by atoms with Gasteiger partial charge in [-0.2, -0.15) is 0 Å². The summed E-state index contributed by atoms with van der Waals surface area (Å²) in [5.41, 5.74) is 2.68. The number of benzene rings is 2. The molecule has 0 aliphatic heterocycles. The molecule has 0 saturated carbocycles. The minimum atomic E-state index is -0.105. The standard InChI is InChI=1S/C25H25ClN4O2/c26-20-7-1-4-10-23(20)32-18-6-5-17-30-22-9-3-2-8-21(22)29-24(30)13-16-28-25(31)19-11-14-27-15-12-19/h1-4,7-12,14-15H,5-6,13,16-18H2,(H,28,31). The summed E-state index contributed by atoms with van der Waals surface area (Å²) in [6.07, 6.45) is 5.73. The van der Waals surface area contributed by atoms with Crippen LogP contribution in [0.15, 0.2) is 73.1 Å². The van der Waals surface area contributed by atoms with Crippen LogP contribution in [-0.2, 0) is 13.0 Å². The first-order valence-corrected chi connectivity index (χ1v) is 11.1. The average Bonchev–Trinajstić information content (AvgIpc) is 3.18. The van der Waals surface area contributed by atoms with Crippen LogP contribution in [0, 0.1) is 0 Å². The Morgan fingerprint density at radius 3 is 2.62 bits per heavy atom. The van der Waals surface area contributed by atoms with E-state index in [0.717, 1.165) is 36.2 Å². The number of pyridine rings is 1. The van der Waals surface area contributed by atoms with E-state index in [0.29, 0.717) is 35.9 Å². The number of nitrogens with one attached hydrogen (secondary N) is 1. The highest BCUT2D eigenvalue weighted by Crippen LogP contribution is 2.23. The van der Waals surface area contributed by atoms with Crippen molar-refractivity contribution in [1.82, 2.24) is 19.9 Å². The second-order valence-electron chi connectivity index (χ2n) is 7.40. The van der Waals surface area contributed by atoms with Crippen molar-refractivity contribution in [3.8, 4) is 5.75 Å². The van der Waals surface area contributed by atoms with Gasteiger partial charge >= 0.3 is 0 Å². The second kappa shape index (κ2) is 10.8. The van der Waals surface area contributed by atoms with E-state index in [1.54, 1.807) is 24.5 Å². The number of imidazole rings is 1. The van der Waals surface area contributed by atoms with Crippen LogP contribution in [0.5, 0.6) is 5.75 Å². The lowest BCUT2D eigenvalue weighted by molar-refractivity contribution is 0.0954. The monoisotopic (exact) mass is 448 g/mol. The molecule has 7 heteroatoms. The first-order chi connectivity index (χ1) is 15.7. The Morgan fingerprint density at radius 2 is 1.78 bits per heavy atom. The van der Waals surface area contributed by atoms with E-state index < -0.39 is 0 Å². The smallest absolute Gasteiger partial charge is 0.251 e. The molecular formula is C25H25ClN4O2. The summed E-state index contributed by atoms with van der Waals surface area (Å²) in [4.78, 5) is 21.0. The fourth-order valence-electron chi connectivity index (χ4n) is 3.57. The molecule has 1 amide bonds. The third-order valence-corrected chi connectivity index (χ3v) is 5.49. The van der Waals surface area contributed by atoms with Gasteiger partial charge in [-0.05, 0) is 49.2 Å². The number of aryl methyl sites for hydroxylation is 1. The molecule has 1 N–H and O–H groups in total. The molecule has 6 nitrogen and oxygen atoms in total. The lowest BCUT2D eigenvalue weighted by Crippen LogP contribution is -2.26. The number of rotatable bonds is 10. The van der Waals surface area contributed by atoms with E-state index in [2.05, 4.69) is 20.9 Å². The van der Waals surface area contributed by atoms with Crippen LogP contribution in [0.4, 0.5) is 0 Å². The number of unbranched alkanes of at least 4 members (excludes halogenated alkanes) is 1. The second-order valence-corrected chi connectivity index (χ2v) is 7.80. The van der Waals surface area contributed by atoms with Crippen molar-refractivity contribution in [1.29, 1.82) is 0 Å². The number of ether oxygens (including phenoxy) is 1. The van der Waals surface area contributed by atoms with Gasteiger partial charge in [-0.25, -0.2) is 4.98 Å². The van der Waals surface area contributed by atoms with Crippen LogP contribution in [0.3, 0.4) is 0 Å². The van der Waals surface area contributed by atoms with Crippen molar-refractivity contribution in [2.75, 3.05) is 13.2 Å². The maximum absolute atomic E-state index is 12.3. The number of amides is 1. The Labute approximate surface area is 192 Å². The van der Waals surface area contributed by atoms with Gasteiger partial charge < -0.3 is 14.6 Å². The van der Waals surface area contributed by atoms with Crippen LogP contribution in [-0.4, -0.2) is 33.6 Å². The topological polar surface area (TPSA) is 69.0 Å². The van der Waals surface area contributed by atoms with Crippen molar-refractivity contribution < 1.29 is 9.53 Å². The first kappa shape index (κ1) is 21.8. The van der Waals surface area contributed by atoms with Crippen LogP contribution in [0.25, 0.3) is 11.0 Å². The van der Waals surface area contributed by atoms with Crippen molar-refractivity contribution >= 4 is 28.5 Å². The van der Waals surface area contributed by atoms with Gasteiger partial charge in [-0.1, -0.05) is 35.9 Å². The molecule has 2 heterocycles. The minimum absolute atomic E-state index is 0.105. The molecule has 0 atom stereocenters. The quantitative estimate of drug-likeness (QED) is 0.350. The first-order valence-electron chi connectivity index (χ1n) is 10.7. The fourth-order valence-corrected chi connectivity index (χ4v) is 3.77. The number of hydrogen-bond acceptors (Lipinski definition) is 4. The number of aromatic nitrogens is 3. The van der Waals surface area contributed by atoms with Gasteiger partial charge in [-0.3, -0.25) is 9.78 Å². The van der Waals surface area contributed by atoms with Crippen molar-refractivity contribution in [3.63, 3.8) is 0 Å². The molecule has 0 radical (unpaired) electrons. The van der Waals surface area contributed by atoms with E-state index in [1.165, 1.54) is 0 Å². The molecule has 2 aromatic heterocycles. The van der Waals surface area contributed by atoms with Gasteiger partial charge in [0, 0.05) is 37.5 Å². The van der Waals surface area contributed by atoms with E-state index >= 15 is 0 Å². The van der Waals surface area contributed by atoms with Crippen molar-refractivity contribution in [2.24, 2.45) is 0 Å². The number of para-hydroxylation sites is 3. The van der Waals surface area contributed by atoms with Gasteiger partial charge in [0.05, 0.1) is 22.7 Å². The summed E-state index contributed by atoms with van der Waals surface area (Å²) < 4.78 is 8.04. The molecule has 2 aromatic carbocycles. The molecule has 164 valence electrons. The van der Waals surface area contributed by atoms with Gasteiger partial charge in [-0.15, -0.1) is 0 Å². The van der Waals surface area contributed by atoms with Crippen LogP contribution in [0.1, 0.15) is 29.0 Å². The van der Waals surface area contributed by atoms with Gasteiger partial charge in [0.15, 0.2) is 0 Å². The van der Waals surface area contributed by atoms with Gasteiger partial charge in [0.1, 0.15) is 11.6 Å². The van der Waals surface area contributed by atoms with Crippen molar-refractivity contribution in [2.45, 2.75) is 25.8 Å². The lowest BCUT2D eigenvalue weighted by atomic mass is 10.2. The number of nitrogens with zero attached hydrogens (tertiary/aromatic N) is 3. The number of hydrogen-bond donors (Lipinski definition) is 1. The number of fused-ring (bicyclic) bond motifs is 1.